The largest absolute Gasteiger partial charge is 0.345 e. The smallest absolute Gasteiger partial charge is 0.186 e. The second kappa shape index (κ2) is 4.82. The summed E-state index contributed by atoms with van der Waals surface area (Å²) in [5, 5.41) is 1.22. The van der Waals surface area contributed by atoms with Crippen molar-refractivity contribution in [2.75, 3.05) is 11.4 Å². The van der Waals surface area contributed by atoms with Gasteiger partial charge in [0.25, 0.3) is 0 Å². The molecule has 3 nitrogen and oxygen atoms in total. The van der Waals surface area contributed by atoms with E-state index < -0.39 is 0 Å². The first-order valence-corrected chi connectivity index (χ1v) is 7.98. The Bertz CT molecular complexity index is 429. The van der Waals surface area contributed by atoms with E-state index in [9.17, 15) is 0 Å². The van der Waals surface area contributed by atoms with Gasteiger partial charge < -0.3 is 10.6 Å². The summed E-state index contributed by atoms with van der Waals surface area (Å²) in [6, 6.07) is 0.858. The Labute approximate surface area is 113 Å². The summed E-state index contributed by atoms with van der Waals surface area (Å²) in [4.78, 5) is 8.71. The molecule has 1 saturated heterocycles. The Morgan fingerprint density at radius 2 is 2.17 bits per heavy atom. The number of piperidine rings is 1. The molecule has 4 heteroatoms. The minimum atomic E-state index is 0.235. The maximum atomic E-state index is 6.20. The van der Waals surface area contributed by atoms with Crippen molar-refractivity contribution in [1.29, 1.82) is 0 Å². The number of hydrogen-bond donors (Lipinski definition) is 1. The van der Waals surface area contributed by atoms with Gasteiger partial charge in [-0.1, -0.05) is 18.3 Å². The van der Waals surface area contributed by atoms with Crippen molar-refractivity contribution in [3.8, 4) is 0 Å². The molecule has 3 rings (SSSR count). The standard InChI is InChI=1S/C14H23N3S/c1-9-6-7-17(10(2)8-9)14-16-12-5-3-4-11(15)13(12)18-14/h9-11H,3-8,15H2,1-2H3. The zero-order valence-electron chi connectivity index (χ0n) is 11.4. The average Bonchev–Trinajstić information content (AvgIpc) is 2.74. The molecule has 1 aliphatic carbocycles. The molecule has 2 aliphatic rings. The van der Waals surface area contributed by atoms with Gasteiger partial charge in [-0.25, -0.2) is 4.98 Å². The van der Waals surface area contributed by atoms with Crippen LogP contribution in [0, 0.1) is 5.92 Å². The monoisotopic (exact) mass is 265 g/mol. The van der Waals surface area contributed by atoms with E-state index >= 15 is 0 Å². The number of nitrogens with zero attached hydrogens (tertiary/aromatic N) is 2. The van der Waals surface area contributed by atoms with Crippen LogP contribution in [0.3, 0.4) is 0 Å². The van der Waals surface area contributed by atoms with E-state index in [4.69, 9.17) is 10.7 Å². The van der Waals surface area contributed by atoms with Crippen molar-refractivity contribution in [1.82, 2.24) is 4.98 Å². The van der Waals surface area contributed by atoms with Crippen LogP contribution in [0.15, 0.2) is 0 Å². The number of aromatic nitrogens is 1. The molecule has 0 amide bonds. The van der Waals surface area contributed by atoms with Gasteiger partial charge in [0.1, 0.15) is 0 Å². The molecule has 100 valence electrons. The number of anilines is 1. The Balaban J connectivity index is 1.84. The fraction of sp³-hybridized carbons (Fsp3) is 0.786. The lowest BCUT2D eigenvalue weighted by molar-refractivity contribution is 0.377. The van der Waals surface area contributed by atoms with Gasteiger partial charge in [0.05, 0.1) is 5.69 Å². The summed E-state index contributed by atoms with van der Waals surface area (Å²) in [5.74, 6) is 0.855. The fourth-order valence-corrected chi connectivity index (χ4v) is 4.53. The van der Waals surface area contributed by atoms with Gasteiger partial charge in [0, 0.05) is 23.5 Å². The van der Waals surface area contributed by atoms with E-state index in [-0.39, 0.29) is 6.04 Å². The molecule has 1 fully saturated rings. The second-order valence-electron chi connectivity index (χ2n) is 5.98. The first-order chi connectivity index (χ1) is 8.65. The van der Waals surface area contributed by atoms with Crippen LogP contribution < -0.4 is 10.6 Å². The summed E-state index contributed by atoms with van der Waals surface area (Å²) in [6.45, 7) is 5.84. The summed E-state index contributed by atoms with van der Waals surface area (Å²) in [5.41, 5.74) is 7.48. The quantitative estimate of drug-likeness (QED) is 0.848. The fourth-order valence-electron chi connectivity index (χ4n) is 3.25. The molecule has 18 heavy (non-hydrogen) atoms. The van der Waals surface area contributed by atoms with Crippen LogP contribution in [-0.4, -0.2) is 17.6 Å². The van der Waals surface area contributed by atoms with Crippen LogP contribution >= 0.6 is 11.3 Å². The normalized spacial score (nSPS) is 32.4. The van der Waals surface area contributed by atoms with Crippen molar-refractivity contribution in [2.45, 2.75) is 58.0 Å². The summed E-state index contributed by atoms with van der Waals surface area (Å²) in [7, 11) is 0. The number of aryl methyl sites for hydroxylation is 1. The maximum absolute atomic E-state index is 6.20. The first-order valence-electron chi connectivity index (χ1n) is 7.17. The lowest BCUT2D eigenvalue weighted by Gasteiger charge is -2.36. The molecule has 1 aromatic rings. The van der Waals surface area contributed by atoms with Crippen LogP contribution in [-0.2, 0) is 6.42 Å². The molecule has 1 aliphatic heterocycles. The third-order valence-electron chi connectivity index (χ3n) is 4.37. The molecular weight excluding hydrogens is 242 g/mol. The Morgan fingerprint density at radius 1 is 1.33 bits per heavy atom. The number of hydrogen-bond acceptors (Lipinski definition) is 4. The Morgan fingerprint density at radius 3 is 2.89 bits per heavy atom. The van der Waals surface area contributed by atoms with Crippen molar-refractivity contribution >= 4 is 16.5 Å². The number of nitrogens with two attached hydrogens (primary N) is 1. The van der Waals surface area contributed by atoms with Gasteiger partial charge in [-0.2, -0.15) is 0 Å². The van der Waals surface area contributed by atoms with E-state index in [1.54, 1.807) is 0 Å². The molecule has 0 radical (unpaired) electrons. The molecule has 1 aromatic heterocycles. The highest BCUT2D eigenvalue weighted by atomic mass is 32.1. The van der Waals surface area contributed by atoms with Crippen LogP contribution in [0.2, 0.25) is 0 Å². The third kappa shape index (κ3) is 2.16. The summed E-state index contributed by atoms with van der Waals surface area (Å²) in [6.07, 6.45) is 6.03. The zero-order valence-corrected chi connectivity index (χ0v) is 12.2. The van der Waals surface area contributed by atoms with E-state index in [0.29, 0.717) is 6.04 Å². The van der Waals surface area contributed by atoms with Crippen molar-refractivity contribution in [3.63, 3.8) is 0 Å². The SMILES string of the molecule is CC1CCN(c2nc3c(s2)C(N)CCC3)C(C)C1. The van der Waals surface area contributed by atoms with Crippen molar-refractivity contribution < 1.29 is 0 Å². The third-order valence-corrected chi connectivity index (χ3v) is 5.63. The predicted octanol–water partition coefficient (Wildman–Crippen LogP) is 3.10. The predicted molar refractivity (Wildman–Crippen MR) is 77.2 cm³/mol. The summed E-state index contributed by atoms with van der Waals surface area (Å²) >= 11 is 1.84. The number of thiazole rings is 1. The van der Waals surface area contributed by atoms with Gasteiger partial charge in [-0.15, -0.1) is 0 Å². The Hall–Kier alpha value is -0.610. The van der Waals surface area contributed by atoms with Crippen LogP contribution in [0.4, 0.5) is 5.13 Å². The number of fused-ring (bicyclic) bond motifs is 1. The molecule has 3 atom stereocenters. The molecule has 0 aromatic carbocycles. The van der Waals surface area contributed by atoms with Gasteiger partial charge in [0.2, 0.25) is 0 Å². The lowest BCUT2D eigenvalue weighted by Crippen LogP contribution is -2.40. The lowest BCUT2D eigenvalue weighted by atomic mass is 9.94. The summed E-state index contributed by atoms with van der Waals surface area (Å²) < 4.78 is 0. The van der Waals surface area contributed by atoms with Crippen molar-refractivity contribution in [3.05, 3.63) is 10.6 Å². The van der Waals surface area contributed by atoms with Crippen LogP contribution in [0.25, 0.3) is 0 Å². The average molecular weight is 265 g/mol. The molecule has 2 heterocycles. The van der Waals surface area contributed by atoms with Crippen LogP contribution in [0.5, 0.6) is 0 Å². The van der Waals surface area contributed by atoms with E-state index in [0.717, 1.165) is 25.3 Å². The van der Waals surface area contributed by atoms with Crippen molar-refractivity contribution in [2.24, 2.45) is 11.7 Å². The van der Waals surface area contributed by atoms with Crippen LogP contribution in [0.1, 0.15) is 56.1 Å². The van der Waals surface area contributed by atoms with E-state index in [1.165, 1.54) is 35.0 Å². The maximum Gasteiger partial charge on any atom is 0.186 e. The molecular formula is C14H23N3S. The topological polar surface area (TPSA) is 42.2 Å². The first kappa shape index (κ1) is 12.4. The minimum absolute atomic E-state index is 0.235. The zero-order chi connectivity index (χ0) is 12.7. The molecule has 0 bridgehead atoms. The van der Waals surface area contributed by atoms with Gasteiger partial charge in [-0.3, -0.25) is 0 Å². The highest BCUT2D eigenvalue weighted by Crippen LogP contribution is 2.38. The Kier molecular flexibility index (Phi) is 3.32. The minimum Gasteiger partial charge on any atom is -0.345 e. The number of rotatable bonds is 1. The van der Waals surface area contributed by atoms with Gasteiger partial charge >= 0.3 is 0 Å². The molecule has 0 spiro atoms. The van der Waals surface area contributed by atoms with E-state index in [2.05, 4.69) is 18.7 Å². The molecule has 3 unspecified atom stereocenters. The highest BCUT2D eigenvalue weighted by Gasteiger charge is 2.28. The second-order valence-corrected chi connectivity index (χ2v) is 6.99. The molecule has 0 saturated carbocycles. The van der Waals surface area contributed by atoms with E-state index in [1.807, 2.05) is 11.3 Å². The highest BCUT2D eigenvalue weighted by molar-refractivity contribution is 7.15. The van der Waals surface area contributed by atoms with Gasteiger partial charge in [0.15, 0.2) is 5.13 Å². The van der Waals surface area contributed by atoms with Gasteiger partial charge in [-0.05, 0) is 44.9 Å². The molecule has 2 N–H and O–H groups in total.